The van der Waals surface area contributed by atoms with Crippen LogP contribution < -0.4 is 9.47 Å². The van der Waals surface area contributed by atoms with Crippen LogP contribution in [0.25, 0.3) is 0 Å². The highest BCUT2D eigenvalue weighted by Crippen LogP contribution is 2.49. The summed E-state index contributed by atoms with van der Waals surface area (Å²) in [7, 11) is 1.70. The maximum Gasteiger partial charge on any atom is 0.161 e. The fourth-order valence-electron chi connectivity index (χ4n) is 4.62. The Morgan fingerprint density at radius 1 is 1.00 bits per heavy atom. The monoisotopic (exact) mass is 406 g/mol. The van der Waals surface area contributed by atoms with Crippen LogP contribution in [0.1, 0.15) is 59.3 Å². The summed E-state index contributed by atoms with van der Waals surface area (Å²) in [5.74, 6) is 2.09. The minimum Gasteiger partial charge on any atom is -0.493 e. The van der Waals surface area contributed by atoms with Crippen molar-refractivity contribution in [1.29, 1.82) is 0 Å². The van der Waals surface area contributed by atoms with Crippen LogP contribution in [-0.2, 0) is 11.3 Å². The van der Waals surface area contributed by atoms with E-state index in [0.717, 1.165) is 29.0 Å². The van der Waals surface area contributed by atoms with E-state index in [0.29, 0.717) is 18.6 Å². The van der Waals surface area contributed by atoms with Crippen LogP contribution in [0.4, 0.5) is 0 Å². The number of hydrogen-bond donors (Lipinski definition) is 0. The maximum atomic E-state index is 6.64. The standard InChI is InChI=1S/C25H26O3S/c1-26-23-15-18(11-12-22(23)27-16-17-7-3-2-4-8-17)24-20-13-14-29-25(20)19-9-5-6-10-21(19)28-24/h2-4,7-8,11-15,19,21,24H,5-6,9-10,16H2,1H3. The number of thiophene rings is 1. The largest absolute Gasteiger partial charge is 0.493 e. The van der Waals surface area contributed by atoms with Crippen molar-refractivity contribution >= 4 is 11.3 Å². The minimum atomic E-state index is -0.0207. The van der Waals surface area contributed by atoms with Crippen molar-refractivity contribution in [3.63, 3.8) is 0 Å². The Labute approximate surface area is 176 Å². The van der Waals surface area contributed by atoms with Crippen LogP contribution in [0.15, 0.2) is 60.0 Å². The average Bonchev–Trinajstić information content (AvgIpc) is 3.28. The summed E-state index contributed by atoms with van der Waals surface area (Å²) >= 11 is 1.89. The molecule has 3 nitrogen and oxygen atoms in total. The molecule has 0 spiro atoms. The minimum absolute atomic E-state index is 0.0207. The normalized spacial score (nSPS) is 23.1. The van der Waals surface area contributed by atoms with E-state index in [9.17, 15) is 0 Å². The molecule has 150 valence electrons. The second-order valence-electron chi connectivity index (χ2n) is 7.87. The molecule has 1 aromatic heterocycles. The van der Waals surface area contributed by atoms with E-state index in [1.165, 1.54) is 29.7 Å². The van der Waals surface area contributed by atoms with Crippen LogP contribution in [0, 0.1) is 0 Å². The van der Waals surface area contributed by atoms with Crippen molar-refractivity contribution in [1.82, 2.24) is 0 Å². The Kier molecular flexibility index (Phi) is 5.30. The molecule has 0 saturated heterocycles. The van der Waals surface area contributed by atoms with Crippen molar-refractivity contribution in [2.24, 2.45) is 0 Å². The number of benzene rings is 2. The molecule has 2 aliphatic rings. The van der Waals surface area contributed by atoms with E-state index in [2.05, 4.69) is 35.7 Å². The van der Waals surface area contributed by atoms with Gasteiger partial charge in [-0.05, 0) is 53.1 Å². The molecule has 3 atom stereocenters. The van der Waals surface area contributed by atoms with Gasteiger partial charge in [-0.2, -0.15) is 0 Å². The fraction of sp³-hybridized carbons (Fsp3) is 0.360. The van der Waals surface area contributed by atoms with Crippen molar-refractivity contribution in [2.75, 3.05) is 7.11 Å². The smallest absolute Gasteiger partial charge is 0.161 e. The third-order valence-corrected chi connectivity index (χ3v) is 7.15. The van der Waals surface area contributed by atoms with Crippen molar-refractivity contribution < 1.29 is 14.2 Å². The van der Waals surface area contributed by atoms with Gasteiger partial charge < -0.3 is 14.2 Å². The molecule has 1 saturated carbocycles. The lowest BCUT2D eigenvalue weighted by Gasteiger charge is -2.39. The van der Waals surface area contributed by atoms with Gasteiger partial charge in [0.05, 0.1) is 13.2 Å². The molecule has 1 fully saturated rings. The van der Waals surface area contributed by atoms with E-state index in [4.69, 9.17) is 14.2 Å². The third kappa shape index (κ3) is 3.67. The predicted octanol–water partition coefficient (Wildman–Crippen LogP) is 6.48. The molecule has 3 aromatic rings. The summed E-state index contributed by atoms with van der Waals surface area (Å²) in [5, 5.41) is 2.21. The lowest BCUT2D eigenvalue weighted by molar-refractivity contribution is -0.0374. The molecule has 5 rings (SSSR count). The number of ether oxygens (including phenoxy) is 3. The van der Waals surface area contributed by atoms with Crippen LogP contribution in [-0.4, -0.2) is 13.2 Å². The van der Waals surface area contributed by atoms with Gasteiger partial charge in [-0.1, -0.05) is 49.2 Å². The van der Waals surface area contributed by atoms with E-state index < -0.39 is 0 Å². The van der Waals surface area contributed by atoms with Crippen molar-refractivity contribution in [3.05, 3.63) is 81.5 Å². The van der Waals surface area contributed by atoms with Crippen LogP contribution in [0.2, 0.25) is 0 Å². The maximum absolute atomic E-state index is 6.64. The van der Waals surface area contributed by atoms with Crippen molar-refractivity contribution in [3.8, 4) is 11.5 Å². The Balaban J connectivity index is 1.41. The summed E-state index contributed by atoms with van der Waals surface area (Å²) < 4.78 is 18.3. The van der Waals surface area contributed by atoms with Gasteiger partial charge in [0.2, 0.25) is 0 Å². The lowest BCUT2D eigenvalue weighted by atomic mass is 9.80. The Morgan fingerprint density at radius 2 is 1.86 bits per heavy atom. The molecule has 4 heteroatoms. The van der Waals surface area contributed by atoms with Crippen LogP contribution in [0.5, 0.6) is 11.5 Å². The van der Waals surface area contributed by atoms with E-state index in [1.54, 1.807) is 7.11 Å². The first-order valence-corrected chi connectivity index (χ1v) is 11.3. The highest BCUT2D eigenvalue weighted by molar-refractivity contribution is 7.10. The van der Waals surface area contributed by atoms with Crippen LogP contribution >= 0.6 is 11.3 Å². The molecule has 1 aliphatic heterocycles. The molecule has 1 aliphatic carbocycles. The first-order chi connectivity index (χ1) is 14.3. The van der Waals surface area contributed by atoms with Gasteiger partial charge in [-0.25, -0.2) is 0 Å². The molecule has 2 heterocycles. The molecule has 29 heavy (non-hydrogen) atoms. The topological polar surface area (TPSA) is 27.7 Å². The Bertz CT molecular complexity index is 965. The summed E-state index contributed by atoms with van der Waals surface area (Å²) in [6.07, 6.45) is 5.31. The Hall–Kier alpha value is -2.30. The van der Waals surface area contributed by atoms with E-state index in [-0.39, 0.29) is 6.10 Å². The number of hydrogen-bond acceptors (Lipinski definition) is 4. The quantitative estimate of drug-likeness (QED) is 0.485. The number of fused-ring (bicyclic) bond motifs is 3. The second-order valence-corrected chi connectivity index (χ2v) is 8.82. The Morgan fingerprint density at radius 3 is 2.72 bits per heavy atom. The summed E-state index contributed by atoms with van der Waals surface area (Å²) in [4.78, 5) is 1.52. The van der Waals surface area contributed by atoms with Gasteiger partial charge in [-0.15, -0.1) is 11.3 Å². The SMILES string of the molecule is COc1cc(C2OC3CCCCC3c3sccc32)ccc1OCc1ccccc1. The average molecular weight is 407 g/mol. The molecule has 0 bridgehead atoms. The molecule has 0 radical (unpaired) electrons. The third-order valence-electron chi connectivity index (χ3n) is 6.09. The summed E-state index contributed by atoms with van der Waals surface area (Å²) in [6.45, 7) is 0.523. The lowest BCUT2D eigenvalue weighted by Crippen LogP contribution is -2.32. The van der Waals surface area contributed by atoms with E-state index >= 15 is 0 Å². The zero-order chi connectivity index (χ0) is 19.6. The molecule has 3 unspecified atom stereocenters. The van der Waals surface area contributed by atoms with Gasteiger partial charge in [0.25, 0.3) is 0 Å². The van der Waals surface area contributed by atoms with Gasteiger partial charge in [0.1, 0.15) is 12.7 Å². The molecule has 0 amide bonds. The van der Waals surface area contributed by atoms with E-state index in [1.807, 2.05) is 35.6 Å². The summed E-state index contributed by atoms with van der Waals surface area (Å²) in [5.41, 5.74) is 3.61. The van der Waals surface area contributed by atoms with Crippen molar-refractivity contribution in [2.45, 2.75) is 50.4 Å². The fourth-order valence-corrected chi connectivity index (χ4v) is 5.73. The molecular weight excluding hydrogens is 380 g/mol. The highest BCUT2D eigenvalue weighted by Gasteiger charge is 2.38. The van der Waals surface area contributed by atoms with Gasteiger partial charge in [0, 0.05) is 10.8 Å². The van der Waals surface area contributed by atoms with Gasteiger partial charge in [-0.3, -0.25) is 0 Å². The number of rotatable bonds is 5. The first-order valence-electron chi connectivity index (χ1n) is 10.4. The summed E-state index contributed by atoms with van der Waals surface area (Å²) in [6, 6.07) is 18.6. The zero-order valence-electron chi connectivity index (χ0n) is 16.7. The highest BCUT2D eigenvalue weighted by atomic mass is 32.1. The molecule has 0 N–H and O–H groups in total. The first kappa shape index (κ1) is 18.7. The second kappa shape index (κ2) is 8.21. The van der Waals surface area contributed by atoms with Gasteiger partial charge >= 0.3 is 0 Å². The van der Waals surface area contributed by atoms with Gasteiger partial charge in [0.15, 0.2) is 11.5 Å². The number of methoxy groups -OCH3 is 1. The predicted molar refractivity (Wildman–Crippen MR) is 116 cm³/mol. The zero-order valence-corrected chi connectivity index (χ0v) is 17.5. The van der Waals surface area contributed by atoms with Crippen LogP contribution in [0.3, 0.4) is 0 Å². The molecular formula is C25H26O3S. The molecule has 2 aromatic carbocycles.